The number of hydrogen-bond donors (Lipinski definition) is 1. The number of ketones is 2. The molecule has 0 saturated carbocycles. The molecule has 1 aliphatic carbocycles. The molecule has 6 heteroatoms. The summed E-state index contributed by atoms with van der Waals surface area (Å²) in [7, 11) is -4.33. The summed E-state index contributed by atoms with van der Waals surface area (Å²) in [4.78, 5) is 21.6. The van der Waals surface area contributed by atoms with Crippen molar-refractivity contribution < 1.29 is 22.6 Å². The first-order valence-electron chi connectivity index (χ1n) is 4.16. The standard InChI is InChI=1S/C8H10O5S/c9-7-4-2-1-3-6(5-8(7)10)14(11,12)13/h5H,1-4H2,(H,11,12,13). The Bertz CT molecular complexity index is 390. The van der Waals surface area contributed by atoms with Crippen molar-refractivity contribution in [2.45, 2.75) is 25.7 Å². The number of Topliss-reactive ketones (excluding diaryl/α,β-unsaturated/α-hetero) is 1. The summed E-state index contributed by atoms with van der Waals surface area (Å²) in [6.07, 6.45) is 1.92. The SMILES string of the molecule is O=C1C=C(S(=O)(=O)O)CCCCC1=O. The van der Waals surface area contributed by atoms with Crippen LogP contribution in [0.4, 0.5) is 0 Å². The highest BCUT2D eigenvalue weighted by molar-refractivity contribution is 7.89. The van der Waals surface area contributed by atoms with Crippen LogP contribution in [0, 0.1) is 0 Å². The molecule has 0 spiro atoms. The van der Waals surface area contributed by atoms with Crippen LogP contribution >= 0.6 is 0 Å². The molecule has 0 atom stereocenters. The lowest BCUT2D eigenvalue weighted by Gasteiger charge is -2.06. The van der Waals surface area contributed by atoms with Gasteiger partial charge >= 0.3 is 0 Å². The monoisotopic (exact) mass is 218 g/mol. The third-order valence-electron chi connectivity index (χ3n) is 1.98. The van der Waals surface area contributed by atoms with Crippen molar-refractivity contribution in [1.29, 1.82) is 0 Å². The molecule has 1 N–H and O–H groups in total. The van der Waals surface area contributed by atoms with Gasteiger partial charge in [0, 0.05) is 12.5 Å². The Morgan fingerprint density at radius 3 is 2.29 bits per heavy atom. The lowest BCUT2D eigenvalue weighted by Crippen LogP contribution is -2.16. The molecule has 1 aliphatic rings. The highest BCUT2D eigenvalue weighted by atomic mass is 32.2. The summed E-state index contributed by atoms with van der Waals surface area (Å²) in [6, 6.07) is 0. The van der Waals surface area contributed by atoms with E-state index in [-0.39, 0.29) is 17.7 Å². The summed E-state index contributed by atoms with van der Waals surface area (Å²) in [5.41, 5.74) is 0. The largest absolute Gasteiger partial charge is 0.291 e. The van der Waals surface area contributed by atoms with E-state index < -0.39 is 21.7 Å². The fourth-order valence-corrected chi connectivity index (χ4v) is 1.87. The van der Waals surface area contributed by atoms with Gasteiger partial charge in [0.25, 0.3) is 10.1 Å². The molecule has 0 aromatic rings. The zero-order valence-electron chi connectivity index (χ0n) is 7.39. The normalized spacial score (nSPS) is 19.9. The summed E-state index contributed by atoms with van der Waals surface area (Å²) < 4.78 is 30.2. The van der Waals surface area contributed by atoms with Crippen LogP contribution in [-0.4, -0.2) is 24.5 Å². The van der Waals surface area contributed by atoms with E-state index in [4.69, 9.17) is 4.55 Å². The minimum Gasteiger partial charge on any atom is -0.291 e. The third-order valence-corrected chi connectivity index (χ3v) is 2.96. The molecule has 0 aromatic carbocycles. The second-order valence-corrected chi connectivity index (χ2v) is 4.55. The van der Waals surface area contributed by atoms with E-state index in [1.54, 1.807) is 0 Å². The zero-order chi connectivity index (χ0) is 10.8. The average Bonchev–Trinajstić information content (AvgIpc) is 2.04. The number of carbonyl (C=O) groups excluding carboxylic acids is 2. The number of hydrogen-bond acceptors (Lipinski definition) is 4. The van der Waals surface area contributed by atoms with Gasteiger partial charge in [-0.15, -0.1) is 0 Å². The topological polar surface area (TPSA) is 88.5 Å². The van der Waals surface area contributed by atoms with Gasteiger partial charge in [0.2, 0.25) is 11.6 Å². The zero-order valence-corrected chi connectivity index (χ0v) is 8.21. The fourth-order valence-electron chi connectivity index (χ4n) is 1.21. The molecule has 0 fully saturated rings. The summed E-state index contributed by atoms with van der Waals surface area (Å²) in [6.45, 7) is 0. The predicted molar refractivity (Wildman–Crippen MR) is 48.1 cm³/mol. The summed E-state index contributed by atoms with van der Waals surface area (Å²) in [5.74, 6) is -1.46. The molecule has 14 heavy (non-hydrogen) atoms. The van der Waals surface area contributed by atoms with Gasteiger partial charge in [0.1, 0.15) is 0 Å². The smallest absolute Gasteiger partial charge is 0.290 e. The maximum atomic E-state index is 11.0. The van der Waals surface area contributed by atoms with E-state index in [2.05, 4.69) is 0 Å². The van der Waals surface area contributed by atoms with Crippen molar-refractivity contribution in [3.05, 3.63) is 11.0 Å². The molecule has 0 aromatic heterocycles. The Hall–Kier alpha value is -1.01. The van der Waals surface area contributed by atoms with E-state index in [1.807, 2.05) is 0 Å². The Morgan fingerprint density at radius 1 is 1.14 bits per heavy atom. The van der Waals surface area contributed by atoms with Crippen molar-refractivity contribution in [2.75, 3.05) is 0 Å². The van der Waals surface area contributed by atoms with Crippen molar-refractivity contribution in [3.8, 4) is 0 Å². The molecule has 5 nitrogen and oxygen atoms in total. The molecule has 0 radical (unpaired) electrons. The van der Waals surface area contributed by atoms with Crippen molar-refractivity contribution in [2.24, 2.45) is 0 Å². The number of carbonyl (C=O) groups is 2. The molecule has 78 valence electrons. The van der Waals surface area contributed by atoms with Gasteiger partial charge < -0.3 is 0 Å². The van der Waals surface area contributed by atoms with Gasteiger partial charge in [-0.2, -0.15) is 8.42 Å². The molecule has 0 aliphatic heterocycles. The molecular formula is C8H10O5S. The van der Waals surface area contributed by atoms with Gasteiger partial charge in [-0.1, -0.05) is 0 Å². The fraction of sp³-hybridized carbons (Fsp3) is 0.500. The van der Waals surface area contributed by atoms with Crippen molar-refractivity contribution >= 4 is 21.7 Å². The Balaban J connectivity index is 3.05. The number of rotatable bonds is 1. The highest BCUT2D eigenvalue weighted by Gasteiger charge is 2.21. The van der Waals surface area contributed by atoms with Gasteiger partial charge in [0.05, 0.1) is 4.91 Å². The Labute approximate surface area is 81.6 Å². The second kappa shape index (κ2) is 4.02. The van der Waals surface area contributed by atoms with Crippen molar-refractivity contribution in [3.63, 3.8) is 0 Å². The van der Waals surface area contributed by atoms with Crippen LogP contribution in [0.25, 0.3) is 0 Å². The molecule has 0 heterocycles. The van der Waals surface area contributed by atoms with Crippen molar-refractivity contribution in [1.82, 2.24) is 0 Å². The van der Waals surface area contributed by atoms with Gasteiger partial charge in [-0.3, -0.25) is 14.1 Å². The lowest BCUT2D eigenvalue weighted by molar-refractivity contribution is -0.134. The van der Waals surface area contributed by atoms with E-state index in [1.165, 1.54) is 0 Å². The first-order valence-corrected chi connectivity index (χ1v) is 5.60. The molecule has 0 bridgehead atoms. The molecule has 0 saturated heterocycles. The minimum absolute atomic E-state index is 0.109. The van der Waals surface area contributed by atoms with Crippen LogP contribution in [-0.2, 0) is 19.7 Å². The number of allylic oxidation sites excluding steroid dienone is 2. The van der Waals surface area contributed by atoms with Gasteiger partial charge in [0.15, 0.2) is 0 Å². The maximum absolute atomic E-state index is 11.0. The molecule has 1 rings (SSSR count). The highest BCUT2D eigenvalue weighted by Crippen LogP contribution is 2.17. The van der Waals surface area contributed by atoms with E-state index >= 15 is 0 Å². The predicted octanol–water partition coefficient (Wildman–Crippen LogP) is 0.470. The van der Waals surface area contributed by atoms with Crippen LogP contribution in [0.15, 0.2) is 11.0 Å². The van der Waals surface area contributed by atoms with Crippen LogP contribution < -0.4 is 0 Å². The molecule has 0 amide bonds. The quantitative estimate of drug-likeness (QED) is 0.510. The van der Waals surface area contributed by atoms with Crippen LogP contribution in [0.5, 0.6) is 0 Å². The van der Waals surface area contributed by atoms with E-state index in [0.29, 0.717) is 12.8 Å². The summed E-state index contributed by atoms with van der Waals surface area (Å²) in [5, 5.41) is 0. The average molecular weight is 218 g/mol. The van der Waals surface area contributed by atoms with Gasteiger partial charge in [-0.05, 0) is 19.3 Å². The second-order valence-electron chi connectivity index (χ2n) is 3.08. The van der Waals surface area contributed by atoms with Crippen LogP contribution in [0.3, 0.4) is 0 Å². The maximum Gasteiger partial charge on any atom is 0.290 e. The lowest BCUT2D eigenvalue weighted by atomic mass is 10.0. The Kier molecular flexibility index (Phi) is 3.17. The first kappa shape index (κ1) is 11.1. The minimum atomic E-state index is -4.33. The Morgan fingerprint density at radius 2 is 1.71 bits per heavy atom. The first-order chi connectivity index (χ1) is 6.41. The third kappa shape index (κ3) is 2.74. The van der Waals surface area contributed by atoms with E-state index in [9.17, 15) is 18.0 Å². The van der Waals surface area contributed by atoms with Gasteiger partial charge in [-0.25, -0.2) is 0 Å². The van der Waals surface area contributed by atoms with E-state index in [0.717, 1.165) is 6.08 Å². The van der Waals surface area contributed by atoms with Crippen LogP contribution in [0.2, 0.25) is 0 Å². The van der Waals surface area contributed by atoms with Crippen LogP contribution in [0.1, 0.15) is 25.7 Å². The molecule has 0 unspecified atom stereocenters. The summed E-state index contributed by atoms with van der Waals surface area (Å²) >= 11 is 0. The molecular weight excluding hydrogens is 208 g/mol.